The highest BCUT2D eigenvalue weighted by atomic mass is 16.5. The first kappa shape index (κ1) is 26.2. The van der Waals surface area contributed by atoms with Crippen molar-refractivity contribution in [3.05, 3.63) is 101 Å². The summed E-state index contributed by atoms with van der Waals surface area (Å²) in [4.78, 5) is 17.0. The molecule has 4 aromatic rings. The molecule has 3 aromatic carbocycles. The van der Waals surface area contributed by atoms with Crippen molar-refractivity contribution in [1.29, 1.82) is 0 Å². The van der Waals surface area contributed by atoms with E-state index in [1.807, 2.05) is 42.5 Å². The van der Waals surface area contributed by atoms with Gasteiger partial charge in [0.05, 0.1) is 17.6 Å². The molecule has 0 saturated heterocycles. The fourth-order valence-electron chi connectivity index (χ4n) is 4.42. The first-order chi connectivity index (χ1) is 18.1. The van der Waals surface area contributed by atoms with E-state index >= 15 is 0 Å². The van der Waals surface area contributed by atoms with Crippen LogP contribution in [0.2, 0.25) is 0 Å². The van der Waals surface area contributed by atoms with E-state index in [1.165, 1.54) is 16.6 Å². The highest BCUT2D eigenvalue weighted by Crippen LogP contribution is 2.21. The number of hydrogen-bond donors (Lipinski definition) is 1. The predicted octanol–water partition coefficient (Wildman–Crippen LogP) is 6.66. The summed E-state index contributed by atoms with van der Waals surface area (Å²) in [5, 5.41) is 2.98. The Labute approximate surface area is 220 Å². The summed E-state index contributed by atoms with van der Waals surface area (Å²) in [7, 11) is 0. The van der Waals surface area contributed by atoms with Crippen LogP contribution in [0, 0.1) is 13.8 Å². The number of imidazole rings is 1. The molecule has 0 atom stereocenters. The molecule has 0 bridgehead atoms. The van der Waals surface area contributed by atoms with Crippen LogP contribution in [0.5, 0.6) is 5.75 Å². The first-order valence-electron chi connectivity index (χ1n) is 13.3. The van der Waals surface area contributed by atoms with Gasteiger partial charge in [0.15, 0.2) is 0 Å². The minimum atomic E-state index is -0.0475. The summed E-state index contributed by atoms with van der Waals surface area (Å²) in [6.45, 7) is 6.42. The van der Waals surface area contributed by atoms with Crippen LogP contribution < -0.4 is 10.1 Å². The van der Waals surface area contributed by atoms with Crippen LogP contribution in [-0.4, -0.2) is 28.6 Å². The maximum Gasteiger partial charge on any atom is 0.243 e. The van der Waals surface area contributed by atoms with E-state index in [4.69, 9.17) is 9.72 Å². The van der Waals surface area contributed by atoms with E-state index < -0.39 is 0 Å². The summed E-state index contributed by atoms with van der Waals surface area (Å²) in [6.07, 6.45) is 8.32. The zero-order valence-corrected chi connectivity index (χ0v) is 22.0. The van der Waals surface area contributed by atoms with Crippen molar-refractivity contribution in [2.75, 3.05) is 13.2 Å². The summed E-state index contributed by atoms with van der Waals surface area (Å²) in [5.41, 5.74) is 5.64. The van der Waals surface area contributed by atoms with Gasteiger partial charge in [-0.05, 0) is 74.1 Å². The van der Waals surface area contributed by atoms with Crippen molar-refractivity contribution in [2.24, 2.45) is 0 Å². The molecule has 0 radical (unpaired) electrons. The molecule has 0 unspecified atom stereocenters. The summed E-state index contributed by atoms with van der Waals surface area (Å²) < 4.78 is 8.43. The van der Waals surface area contributed by atoms with Gasteiger partial charge in [0.2, 0.25) is 5.91 Å². The van der Waals surface area contributed by atoms with Crippen LogP contribution in [0.3, 0.4) is 0 Å². The summed E-state index contributed by atoms with van der Waals surface area (Å²) in [6, 6.07) is 24.5. The fourth-order valence-corrected chi connectivity index (χ4v) is 4.42. The molecule has 4 rings (SSSR count). The van der Waals surface area contributed by atoms with Crippen molar-refractivity contribution in [2.45, 2.75) is 52.5 Å². The van der Waals surface area contributed by atoms with Gasteiger partial charge in [-0.2, -0.15) is 0 Å². The minimum Gasteiger partial charge on any atom is -0.493 e. The Hall–Kier alpha value is -3.86. The summed E-state index contributed by atoms with van der Waals surface area (Å²) in [5.74, 6) is 2.05. The molecule has 1 heterocycles. The van der Waals surface area contributed by atoms with Crippen molar-refractivity contribution >= 4 is 23.0 Å². The van der Waals surface area contributed by atoms with Gasteiger partial charge >= 0.3 is 0 Å². The Morgan fingerprint density at radius 2 is 1.76 bits per heavy atom. The Kier molecular flexibility index (Phi) is 9.53. The normalized spacial score (nSPS) is 11.3. The Morgan fingerprint density at radius 1 is 0.946 bits per heavy atom. The van der Waals surface area contributed by atoms with Gasteiger partial charge in [0, 0.05) is 25.6 Å². The SMILES string of the molecule is Cc1ccc(C)c(OCCCn2c(CCCCCNC(=O)/C=C/c3ccccc3)nc3ccccc32)c1. The zero-order valence-electron chi connectivity index (χ0n) is 22.0. The second-order valence-corrected chi connectivity index (χ2v) is 9.49. The Morgan fingerprint density at radius 3 is 2.62 bits per heavy atom. The molecule has 0 aliphatic rings. The molecule has 1 aromatic heterocycles. The lowest BCUT2D eigenvalue weighted by Gasteiger charge is -2.12. The molecule has 0 fully saturated rings. The fraction of sp³-hybridized carbons (Fsp3) is 0.312. The number of ether oxygens (including phenoxy) is 1. The van der Waals surface area contributed by atoms with Crippen LogP contribution in [0.4, 0.5) is 0 Å². The molecule has 5 heteroatoms. The molecule has 1 N–H and O–H groups in total. The number of carbonyl (C=O) groups is 1. The standard InChI is InChI=1S/C32H37N3O2/c1-25-17-18-26(2)30(24-25)37-23-11-22-35-29-15-9-8-14-28(29)34-31(35)16-7-4-10-21-33-32(36)20-19-27-12-5-3-6-13-27/h3,5-6,8-9,12-15,17-20,24H,4,7,10-11,16,21-23H2,1-2H3,(H,33,36)/b20-19+. The number of rotatable bonds is 13. The first-order valence-corrected chi connectivity index (χ1v) is 13.3. The predicted molar refractivity (Wildman–Crippen MR) is 152 cm³/mol. The molecule has 0 aliphatic heterocycles. The van der Waals surface area contributed by atoms with E-state index in [1.54, 1.807) is 6.08 Å². The van der Waals surface area contributed by atoms with Gasteiger partial charge in [-0.1, -0.05) is 61.0 Å². The van der Waals surface area contributed by atoms with Crippen molar-refractivity contribution in [3.63, 3.8) is 0 Å². The highest BCUT2D eigenvalue weighted by molar-refractivity contribution is 5.91. The number of benzene rings is 3. The van der Waals surface area contributed by atoms with Crippen molar-refractivity contribution in [3.8, 4) is 5.75 Å². The zero-order chi connectivity index (χ0) is 25.9. The number of amides is 1. The Bertz CT molecular complexity index is 1320. The highest BCUT2D eigenvalue weighted by Gasteiger charge is 2.10. The quantitative estimate of drug-likeness (QED) is 0.167. The van der Waals surface area contributed by atoms with E-state index in [0.717, 1.165) is 61.3 Å². The lowest BCUT2D eigenvalue weighted by molar-refractivity contribution is -0.116. The molecule has 0 spiro atoms. The molecule has 0 aliphatic carbocycles. The monoisotopic (exact) mass is 495 g/mol. The molecule has 192 valence electrons. The Balaban J connectivity index is 1.22. The third-order valence-corrected chi connectivity index (χ3v) is 6.46. The van der Waals surface area contributed by atoms with E-state index in [2.05, 4.69) is 60.1 Å². The van der Waals surface area contributed by atoms with E-state index in [9.17, 15) is 4.79 Å². The van der Waals surface area contributed by atoms with Crippen LogP contribution in [-0.2, 0) is 17.8 Å². The molecular formula is C32H37N3O2. The molecule has 0 saturated carbocycles. The van der Waals surface area contributed by atoms with Crippen molar-refractivity contribution < 1.29 is 9.53 Å². The number of carbonyl (C=O) groups excluding carboxylic acids is 1. The lowest BCUT2D eigenvalue weighted by atomic mass is 10.1. The number of aryl methyl sites for hydroxylation is 4. The minimum absolute atomic E-state index is 0.0475. The number of aromatic nitrogens is 2. The molecule has 5 nitrogen and oxygen atoms in total. The summed E-state index contributed by atoms with van der Waals surface area (Å²) >= 11 is 0. The average molecular weight is 496 g/mol. The van der Waals surface area contributed by atoms with Crippen LogP contribution in [0.15, 0.2) is 78.9 Å². The van der Waals surface area contributed by atoms with Crippen molar-refractivity contribution in [1.82, 2.24) is 14.9 Å². The third-order valence-electron chi connectivity index (χ3n) is 6.46. The maximum absolute atomic E-state index is 12.0. The third kappa shape index (κ3) is 7.81. The van der Waals surface area contributed by atoms with Crippen LogP contribution in [0.1, 0.15) is 48.2 Å². The smallest absolute Gasteiger partial charge is 0.243 e. The van der Waals surface area contributed by atoms with Gasteiger partial charge in [-0.25, -0.2) is 4.98 Å². The molecule has 1 amide bonds. The number of nitrogens with one attached hydrogen (secondary N) is 1. The second kappa shape index (κ2) is 13.4. The topological polar surface area (TPSA) is 56.1 Å². The van der Waals surface area contributed by atoms with Gasteiger partial charge in [0.1, 0.15) is 11.6 Å². The maximum atomic E-state index is 12.0. The number of hydrogen-bond acceptors (Lipinski definition) is 3. The largest absolute Gasteiger partial charge is 0.493 e. The second-order valence-electron chi connectivity index (χ2n) is 9.49. The number of para-hydroxylation sites is 2. The number of nitrogens with zero attached hydrogens (tertiary/aromatic N) is 2. The average Bonchev–Trinajstić information content (AvgIpc) is 3.27. The van der Waals surface area contributed by atoms with Crippen LogP contribution in [0.25, 0.3) is 17.1 Å². The van der Waals surface area contributed by atoms with Gasteiger partial charge < -0.3 is 14.6 Å². The molecular weight excluding hydrogens is 458 g/mol. The number of fused-ring (bicyclic) bond motifs is 1. The van der Waals surface area contributed by atoms with Crippen LogP contribution >= 0.6 is 0 Å². The van der Waals surface area contributed by atoms with Gasteiger partial charge in [0.25, 0.3) is 0 Å². The van der Waals surface area contributed by atoms with E-state index in [0.29, 0.717) is 13.2 Å². The number of unbranched alkanes of at least 4 members (excludes halogenated alkanes) is 2. The van der Waals surface area contributed by atoms with Gasteiger partial charge in [-0.3, -0.25) is 4.79 Å². The van der Waals surface area contributed by atoms with E-state index in [-0.39, 0.29) is 5.91 Å². The lowest BCUT2D eigenvalue weighted by Crippen LogP contribution is -2.22. The van der Waals surface area contributed by atoms with Gasteiger partial charge in [-0.15, -0.1) is 0 Å². The molecule has 37 heavy (non-hydrogen) atoms.